The quantitative estimate of drug-likeness (QED) is 0.804. The molecular weight excluding hydrogens is 374 g/mol. The zero-order valence-electron chi connectivity index (χ0n) is 13.7. The summed E-state index contributed by atoms with van der Waals surface area (Å²) in [5.41, 5.74) is 1.53. The molecule has 1 fully saturated rings. The van der Waals surface area contributed by atoms with Crippen molar-refractivity contribution in [2.45, 2.75) is 39.2 Å². The van der Waals surface area contributed by atoms with Gasteiger partial charge in [-0.3, -0.25) is 0 Å². The summed E-state index contributed by atoms with van der Waals surface area (Å²) in [7, 11) is 0. The van der Waals surface area contributed by atoms with E-state index in [4.69, 9.17) is 0 Å². The Labute approximate surface area is 148 Å². The maximum Gasteiger partial charge on any atom is 0.407 e. The fourth-order valence-electron chi connectivity index (χ4n) is 3.70. The van der Waals surface area contributed by atoms with Crippen LogP contribution < -0.4 is 0 Å². The smallest absolute Gasteiger partial charge is 0.407 e. The van der Waals surface area contributed by atoms with Crippen molar-refractivity contribution >= 4 is 27.7 Å². The first-order chi connectivity index (χ1) is 11.3. The molecule has 2 unspecified atom stereocenters. The molecule has 0 bridgehead atoms. The lowest BCUT2D eigenvalue weighted by molar-refractivity contribution is 0.100. The fraction of sp³-hybridized carbons (Fsp3) is 0.500. The van der Waals surface area contributed by atoms with Gasteiger partial charge in [-0.1, -0.05) is 20.8 Å². The van der Waals surface area contributed by atoms with Crippen molar-refractivity contribution in [1.29, 1.82) is 5.26 Å². The van der Waals surface area contributed by atoms with Crippen LogP contribution in [0.4, 0.5) is 4.79 Å². The number of hydrogen-bond acceptors (Lipinski definition) is 4. The summed E-state index contributed by atoms with van der Waals surface area (Å²) in [6.07, 6.45) is 1.47. The predicted octanol–water partition coefficient (Wildman–Crippen LogP) is 3.25. The van der Waals surface area contributed by atoms with Gasteiger partial charge in [-0.05, 0) is 33.8 Å². The van der Waals surface area contributed by atoms with E-state index in [2.05, 4.69) is 32.1 Å². The minimum absolute atomic E-state index is 0.00931. The van der Waals surface area contributed by atoms with Crippen LogP contribution in [0.1, 0.15) is 44.4 Å². The molecule has 1 amide bonds. The van der Waals surface area contributed by atoms with Gasteiger partial charge in [0.05, 0.1) is 5.69 Å². The highest BCUT2D eigenvalue weighted by Gasteiger charge is 2.45. The maximum atomic E-state index is 11.6. The lowest BCUT2D eigenvalue weighted by Crippen LogP contribution is -2.45. The number of aromatic nitrogens is 3. The van der Waals surface area contributed by atoms with Gasteiger partial charge >= 0.3 is 6.09 Å². The minimum Gasteiger partial charge on any atom is -0.465 e. The molecule has 0 radical (unpaired) electrons. The van der Waals surface area contributed by atoms with E-state index in [1.54, 1.807) is 10.7 Å². The van der Waals surface area contributed by atoms with Crippen LogP contribution in [0.5, 0.6) is 0 Å². The molecule has 0 aliphatic carbocycles. The SMILES string of the molecule is CC(C)(C)C1C(c2ccnc3c(C#N)c(Br)nn23)CCN1C(=O)O. The Morgan fingerprint density at radius 2 is 2.21 bits per heavy atom. The average Bonchev–Trinajstić information content (AvgIpc) is 3.06. The van der Waals surface area contributed by atoms with Crippen LogP contribution >= 0.6 is 15.9 Å². The monoisotopic (exact) mass is 391 g/mol. The van der Waals surface area contributed by atoms with Gasteiger partial charge in [0.15, 0.2) is 5.65 Å². The van der Waals surface area contributed by atoms with Crippen molar-refractivity contribution in [3.8, 4) is 6.07 Å². The summed E-state index contributed by atoms with van der Waals surface area (Å²) in [4.78, 5) is 17.4. The van der Waals surface area contributed by atoms with E-state index >= 15 is 0 Å². The molecule has 1 N–H and O–H groups in total. The number of carbonyl (C=O) groups is 1. The molecule has 0 saturated carbocycles. The number of carboxylic acid groups (broad SMARTS) is 1. The van der Waals surface area contributed by atoms with E-state index < -0.39 is 6.09 Å². The molecule has 126 valence electrons. The number of fused-ring (bicyclic) bond motifs is 1. The Bertz CT molecular complexity index is 848. The number of halogens is 1. The van der Waals surface area contributed by atoms with Crippen LogP contribution in [-0.2, 0) is 0 Å². The van der Waals surface area contributed by atoms with Gasteiger partial charge in [-0.25, -0.2) is 14.3 Å². The molecule has 1 saturated heterocycles. The topological polar surface area (TPSA) is 94.5 Å². The van der Waals surface area contributed by atoms with Gasteiger partial charge in [-0.2, -0.15) is 10.4 Å². The number of hydrogen-bond donors (Lipinski definition) is 1. The molecule has 2 aromatic heterocycles. The van der Waals surface area contributed by atoms with Crippen LogP contribution in [0.25, 0.3) is 5.65 Å². The molecule has 0 spiro atoms. The normalized spacial score (nSPS) is 21.2. The van der Waals surface area contributed by atoms with E-state index in [0.29, 0.717) is 28.8 Å². The van der Waals surface area contributed by atoms with Crippen molar-refractivity contribution in [2.75, 3.05) is 6.54 Å². The second-order valence-corrected chi connectivity index (χ2v) is 7.82. The molecule has 3 heterocycles. The third-order valence-electron chi connectivity index (χ3n) is 4.53. The van der Waals surface area contributed by atoms with Gasteiger partial charge in [0, 0.05) is 24.7 Å². The molecule has 2 aromatic rings. The van der Waals surface area contributed by atoms with Crippen LogP contribution in [0, 0.1) is 16.7 Å². The first kappa shape index (κ1) is 16.7. The largest absolute Gasteiger partial charge is 0.465 e. The maximum absolute atomic E-state index is 11.6. The molecule has 3 rings (SSSR count). The second-order valence-electron chi connectivity index (χ2n) is 7.06. The molecule has 8 heteroatoms. The molecule has 2 atom stereocenters. The fourth-order valence-corrected chi connectivity index (χ4v) is 4.13. The number of nitriles is 1. The Hall–Kier alpha value is -2.14. The van der Waals surface area contributed by atoms with E-state index in [1.807, 2.05) is 26.8 Å². The summed E-state index contributed by atoms with van der Waals surface area (Å²) in [5.74, 6) is -0.00931. The summed E-state index contributed by atoms with van der Waals surface area (Å²) in [6.45, 7) is 6.62. The minimum atomic E-state index is -0.901. The highest BCUT2D eigenvalue weighted by molar-refractivity contribution is 9.10. The van der Waals surface area contributed by atoms with Gasteiger partial charge in [0.2, 0.25) is 0 Å². The first-order valence-electron chi connectivity index (χ1n) is 7.68. The average molecular weight is 392 g/mol. The molecule has 1 aliphatic rings. The van der Waals surface area contributed by atoms with E-state index in [9.17, 15) is 15.2 Å². The first-order valence-corrected chi connectivity index (χ1v) is 8.47. The van der Waals surface area contributed by atoms with Gasteiger partial charge < -0.3 is 10.0 Å². The summed E-state index contributed by atoms with van der Waals surface area (Å²) >= 11 is 3.30. The number of likely N-dealkylation sites (tertiary alicyclic amines) is 1. The van der Waals surface area contributed by atoms with Crippen LogP contribution in [0.3, 0.4) is 0 Å². The predicted molar refractivity (Wildman–Crippen MR) is 90.7 cm³/mol. The second kappa shape index (κ2) is 5.74. The molecule has 0 aromatic carbocycles. The van der Waals surface area contributed by atoms with Crippen molar-refractivity contribution in [1.82, 2.24) is 19.5 Å². The van der Waals surface area contributed by atoms with Crippen molar-refractivity contribution in [3.63, 3.8) is 0 Å². The lowest BCUT2D eigenvalue weighted by atomic mass is 9.78. The van der Waals surface area contributed by atoms with Crippen molar-refractivity contribution in [2.24, 2.45) is 5.41 Å². The summed E-state index contributed by atoms with van der Waals surface area (Å²) in [5, 5.41) is 23.2. The van der Waals surface area contributed by atoms with Crippen molar-refractivity contribution < 1.29 is 9.90 Å². The van der Waals surface area contributed by atoms with E-state index in [0.717, 1.165) is 5.69 Å². The van der Waals surface area contributed by atoms with Gasteiger partial charge in [-0.15, -0.1) is 0 Å². The summed E-state index contributed by atoms with van der Waals surface area (Å²) < 4.78 is 2.11. The van der Waals surface area contributed by atoms with Gasteiger partial charge in [0.25, 0.3) is 0 Å². The number of amides is 1. The Morgan fingerprint density at radius 3 is 2.79 bits per heavy atom. The van der Waals surface area contributed by atoms with Crippen LogP contribution in [0.15, 0.2) is 16.9 Å². The van der Waals surface area contributed by atoms with E-state index in [-0.39, 0.29) is 17.4 Å². The lowest BCUT2D eigenvalue weighted by Gasteiger charge is -2.37. The Kier molecular flexibility index (Phi) is 4.00. The third kappa shape index (κ3) is 2.53. The molecular formula is C16H18BrN5O2. The molecule has 24 heavy (non-hydrogen) atoms. The summed E-state index contributed by atoms with van der Waals surface area (Å²) in [6, 6.07) is 3.80. The molecule has 7 nitrogen and oxygen atoms in total. The highest BCUT2D eigenvalue weighted by atomic mass is 79.9. The standard InChI is InChI=1S/C16H18BrN5O2/c1-16(2,3)12-9(5-7-21(12)15(23)24)11-4-6-19-14-10(8-18)13(17)20-22(11)14/h4,6,9,12H,5,7H2,1-3H3,(H,23,24). The molecule has 1 aliphatic heterocycles. The van der Waals surface area contributed by atoms with Crippen LogP contribution in [0.2, 0.25) is 0 Å². The van der Waals surface area contributed by atoms with Gasteiger partial charge in [0.1, 0.15) is 16.2 Å². The van der Waals surface area contributed by atoms with Crippen LogP contribution in [-0.4, -0.2) is 43.3 Å². The highest BCUT2D eigenvalue weighted by Crippen LogP contribution is 2.42. The van der Waals surface area contributed by atoms with E-state index in [1.165, 1.54) is 4.90 Å². The van der Waals surface area contributed by atoms with Crippen molar-refractivity contribution in [3.05, 3.63) is 28.1 Å². The zero-order valence-corrected chi connectivity index (χ0v) is 15.3. The Morgan fingerprint density at radius 1 is 1.50 bits per heavy atom. The zero-order chi connectivity index (χ0) is 17.6. The number of rotatable bonds is 1. The Balaban J connectivity index is 2.16. The third-order valence-corrected chi connectivity index (χ3v) is 5.08. The number of nitrogens with zero attached hydrogens (tertiary/aromatic N) is 5.